The molecule has 1 saturated carbocycles. The van der Waals surface area contributed by atoms with Crippen LogP contribution in [0.1, 0.15) is 19.8 Å². The molecule has 106 valence electrons. The molecular weight excluding hydrogens is 264 g/mol. The normalized spacial score (nSPS) is 17.2. The highest BCUT2D eigenvalue weighted by Crippen LogP contribution is 2.36. The Bertz CT molecular complexity index is 553. The van der Waals surface area contributed by atoms with Gasteiger partial charge in [0, 0.05) is 12.6 Å². The summed E-state index contributed by atoms with van der Waals surface area (Å²) in [6.45, 7) is 2.52. The number of nitrogens with two attached hydrogens (primary N) is 1. The summed E-state index contributed by atoms with van der Waals surface area (Å²) in [4.78, 5) is 0.108. The van der Waals surface area contributed by atoms with E-state index in [2.05, 4.69) is 11.6 Å². The predicted molar refractivity (Wildman–Crippen MR) is 74.5 cm³/mol. The monoisotopic (exact) mass is 284 g/mol. The highest BCUT2D eigenvalue weighted by molar-refractivity contribution is 7.89. The molecule has 0 radical (unpaired) electrons. The molecule has 0 heterocycles. The summed E-state index contributed by atoms with van der Waals surface area (Å²) in [5, 5.41) is 0. The molecule has 1 unspecified atom stereocenters. The number of hydrogen-bond acceptors (Lipinski definition) is 4. The smallest absolute Gasteiger partial charge is 0.242 e. The van der Waals surface area contributed by atoms with Gasteiger partial charge in [-0.3, -0.25) is 0 Å². The molecule has 1 atom stereocenters. The maximum atomic E-state index is 12.2. The minimum absolute atomic E-state index is 0.108. The Morgan fingerprint density at radius 1 is 1.47 bits per heavy atom. The summed E-state index contributed by atoms with van der Waals surface area (Å²) < 4.78 is 32.0. The van der Waals surface area contributed by atoms with E-state index in [0.717, 1.165) is 0 Å². The van der Waals surface area contributed by atoms with Gasteiger partial charge in [-0.1, -0.05) is 6.92 Å². The number of nitrogens with one attached hydrogen (secondary N) is 1. The van der Waals surface area contributed by atoms with Gasteiger partial charge in [-0.2, -0.15) is 0 Å². The van der Waals surface area contributed by atoms with Gasteiger partial charge in [-0.05, 0) is 36.8 Å². The van der Waals surface area contributed by atoms with Gasteiger partial charge in [0.15, 0.2) is 0 Å². The Hall–Kier alpha value is -1.27. The average molecular weight is 284 g/mol. The number of hydrogen-bond donors (Lipinski definition) is 2. The van der Waals surface area contributed by atoms with Crippen molar-refractivity contribution in [3.05, 3.63) is 18.2 Å². The molecule has 1 aromatic carbocycles. The van der Waals surface area contributed by atoms with E-state index < -0.39 is 10.0 Å². The topological polar surface area (TPSA) is 81.4 Å². The summed E-state index contributed by atoms with van der Waals surface area (Å²) >= 11 is 0. The van der Waals surface area contributed by atoms with Crippen molar-refractivity contribution in [3.8, 4) is 5.75 Å². The van der Waals surface area contributed by atoms with Crippen LogP contribution in [0, 0.1) is 11.8 Å². The van der Waals surface area contributed by atoms with Crippen molar-refractivity contribution in [1.29, 1.82) is 0 Å². The largest absolute Gasteiger partial charge is 0.497 e. The van der Waals surface area contributed by atoms with Gasteiger partial charge >= 0.3 is 0 Å². The molecule has 1 fully saturated rings. The number of sulfonamides is 1. The SMILES string of the molecule is COc1ccc(S(=O)(=O)NCC(C)C2CC2)c(N)c1. The van der Waals surface area contributed by atoms with Gasteiger partial charge in [-0.25, -0.2) is 13.1 Å². The third-order valence-corrected chi connectivity index (χ3v) is 5.03. The molecule has 5 nitrogen and oxygen atoms in total. The Kier molecular flexibility index (Phi) is 4.01. The highest BCUT2D eigenvalue weighted by atomic mass is 32.2. The molecule has 1 aliphatic carbocycles. The quantitative estimate of drug-likeness (QED) is 0.777. The van der Waals surface area contributed by atoms with Gasteiger partial charge in [-0.15, -0.1) is 0 Å². The first kappa shape index (κ1) is 14.1. The van der Waals surface area contributed by atoms with Crippen LogP contribution in [0.25, 0.3) is 0 Å². The van der Waals surface area contributed by atoms with Crippen LogP contribution in [-0.4, -0.2) is 22.1 Å². The van der Waals surface area contributed by atoms with Crippen molar-refractivity contribution in [2.45, 2.75) is 24.7 Å². The average Bonchev–Trinajstić information content (AvgIpc) is 3.19. The lowest BCUT2D eigenvalue weighted by Gasteiger charge is -2.13. The highest BCUT2D eigenvalue weighted by Gasteiger charge is 2.29. The fourth-order valence-electron chi connectivity index (χ4n) is 2.05. The van der Waals surface area contributed by atoms with Crippen molar-refractivity contribution >= 4 is 15.7 Å². The van der Waals surface area contributed by atoms with E-state index in [9.17, 15) is 8.42 Å². The van der Waals surface area contributed by atoms with E-state index in [1.165, 1.54) is 32.1 Å². The molecule has 0 saturated heterocycles. The van der Waals surface area contributed by atoms with Crippen molar-refractivity contribution in [3.63, 3.8) is 0 Å². The minimum atomic E-state index is -3.55. The molecule has 0 aliphatic heterocycles. The van der Waals surface area contributed by atoms with Crippen molar-refractivity contribution in [1.82, 2.24) is 4.72 Å². The molecule has 0 spiro atoms. The number of methoxy groups -OCH3 is 1. The zero-order chi connectivity index (χ0) is 14.0. The number of anilines is 1. The summed E-state index contributed by atoms with van der Waals surface area (Å²) in [6, 6.07) is 4.58. The number of rotatable bonds is 6. The van der Waals surface area contributed by atoms with Crippen LogP contribution >= 0.6 is 0 Å². The zero-order valence-corrected chi connectivity index (χ0v) is 12.0. The summed E-state index contributed by atoms with van der Waals surface area (Å²) in [5.74, 6) is 1.58. The lowest BCUT2D eigenvalue weighted by molar-refractivity contribution is 0.414. The molecule has 19 heavy (non-hydrogen) atoms. The first-order valence-electron chi connectivity index (χ1n) is 6.37. The van der Waals surface area contributed by atoms with Gasteiger partial charge in [0.25, 0.3) is 0 Å². The van der Waals surface area contributed by atoms with Gasteiger partial charge in [0.2, 0.25) is 10.0 Å². The van der Waals surface area contributed by atoms with Crippen LogP contribution in [0.15, 0.2) is 23.1 Å². The van der Waals surface area contributed by atoms with Crippen molar-refractivity contribution in [2.75, 3.05) is 19.4 Å². The first-order chi connectivity index (χ1) is 8.94. The fourth-order valence-corrected chi connectivity index (χ4v) is 3.30. The Labute approximate surface area is 114 Å². The summed E-state index contributed by atoms with van der Waals surface area (Å²) in [7, 11) is -2.03. The van der Waals surface area contributed by atoms with Gasteiger partial charge in [0.1, 0.15) is 10.6 Å². The second-order valence-electron chi connectivity index (χ2n) is 5.07. The number of ether oxygens (including phenoxy) is 1. The van der Waals surface area contributed by atoms with Crippen LogP contribution < -0.4 is 15.2 Å². The van der Waals surface area contributed by atoms with Gasteiger partial charge < -0.3 is 10.5 Å². The first-order valence-corrected chi connectivity index (χ1v) is 7.85. The maximum absolute atomic E-state index is 12.2. The van der Waals surface area contributed by atoms with E-state index >= 15 is 0 Å². The molecule has 6 heteroatoms. The van der Waals surface area contributed by atoms with Crippen molar-refractivity contribution in [2.24, 2.45) is 11.8 Å². The molecule has 3 N–H and O–H groups in total. The van der Waals surface area contributed by atoms with E-state index in [-0.39, 0.29) is 10.6 Å². The van der Waals surface area contributed by atoms with Crippen LogP contribution in [0.4, 0.5) is 5.69 Å². The van der Waals surface area contributed by atoms with Crippen LogP contribution in [0.5, 0.6) is 5.75 Å². The molecular formula is C13H20N2O3S. The van der Waals surface area contributed by atoms with E-state index in [1.807, 2.05) is 0 Å². The second-order valence-corrected chi connectivity index (χ2v) is 6.81. The maximum Gasteiger partial charge on any atom is 0.242 e. The molecule has 0 bridgehead atoms. The lowest BCUT2D eigenvalue weighted by Crippen LogP contribution is -2.29. The number of benzene rings is 1. The molecule has 2 rings (SSSR count). The van der Waals surface area contributed by atoms with Crippen LogP contribution in [0.3, 0.4) is 0 Å². The third-order valence-electron chi connectivity index (χ3n) is 3.53. The zero-order valence-electron chi connectivity index (χ0n) is 11.2. The Morgan fingerprint density at radius 2 is 2.16 bits per heavy atom. The molecule has 1 aliphatic rings. The van der Waals surface area contributed by atoms with E-state index in [1.54, 1.807) is 6.07 Å². The molecule has 0 amide bonds. The summed E-state index contributed by atoms with van der Waals surface area (Å²) in [5.41, 5.74) is 5.96. The predicted octanol–water partition coefficient (Wildman–Crippen LogP) is 1.60. The third kappa shape index (κ3) is 3.39. The van der Waals surface area contributed by atoms with Crippen LogP contribution in [0.2, 0.25) is 0 Å². The second kappa shape index (κ2) is 5.38. The Morgan fingerprint density at radius 3 is 2.68 bits per heavy atom. The molecule has 1 aromatic rings. The van der Waals surface area contributed by atoms with Gasteiger partial charge in [0.05, 0.1) is 12.8 Å². The minimum Gasteiger partial charge on any atom is -0.497 e. The Balaban J connectivity index is 2.09. The van der Waals surface area contributed by atoms with Crippen molar-refractivity contribution < 1.29 is 13.2 Å². The van der Waals surface area contributed by atoms with E-state index in [4.69, 9.17) is 10.5 Å². The summed E-state index contributed by atoms with van der Waals surface area (Å²) in [6.07, 6.45) is 2.40. The lowest BCUT2D eigenvalue weighted by atomic mass is 10.1. The number of nitrogen functional groups attached to an aromatic ring is 1. The molecule has 0 aromatic heterocycles. The fraction of sp³-hybridized carbons (Fsp3) is 0.538. The van der Waals surface area contributed by atoms with E-state index in [0.29, 0.717) is 24.1 Å². The van der Waals surface area contributed by atoms with Crippen LogP contribution in [-0.2, 0) is 10.0 Å². The standard InChI is InChI=1S/C13H20N2O3S/c1-9(10-3-4-10)8-15-19(16,17)13-6-5-11(18-2)7-12(13)14/h5-7,9-10,15H,3-4,8,14H2,1-2H3.